The van der Waals surface area contributed by atoms with Gasteiger partial charge in [0.15, 0.2) is 0 Å². The van der Waals surface area contributed by atoms with E-state index in [0.29, 0.717) is 0 Å². The van der Waals surface area contributed by atoms with Crippen LogP contribution < -0.4 is 5.32 Å². The van der Waals surface area contributed by atoms with Crippen LogP contribution in [0.15, 0.2) is 12.3 Å². The summed E-state index contributed by atoms with van der Waals surface area (Å²) < 4.78 is 2.09. The number of aromatic nitrogens is 1. The SMILES string of the molecule is Cn1ccc2c1CCCN(CCCN1CCNCC1)C2=O. The molecule has 3 heterocycles. The molecule has 1 saturated heterocycles. The van der Waals surface area contributed by atoms with Crippen LogP contribution in [-0.4, -0.2) is 66.1 Å². The lowest BCUT2D eigenvalue weighted by atomic mass is 10.2. The van der Waals surface area contributed by atoms with Gasteiger partial charge in [-0.2, -0.15) is 0 Å². The third kappa shape index (κ3) is 3.30. The average molecular weight is 290 g/mol. The van der Waals surface area contributed by atoms with Crippen molar-refractivity contribution in [1.29, 1.82) is 0 Å². The van der Waals surface area contributed by atoms with Gasteiger partial charge in [0.05, 0.1) is 5.56 Å². The Hall–Kier alpha value is -1.33. The van der Waals surface area contributed by atoms with Crippen LogP contribution in [-0.2, 0) is 13.5 Å². The van der Waals surface area contributed by atoms with Gasteiger partial charge in [0.2, 0.25) is 0 Å². The molecule has 0 saturated carbocycles. The Balaban J connectivity index is 1.54. The third-order valence-electron chi connectivity index (χ3n) is 4.67. The highest BCUT2D eigenvalue weighted by Crippen LogP contribution is 2.19. The van der Waals surface area contributed by atoms with Crippen molar-refractivity contribution in [3.05, 3.63) is 23.5 Å². The van der Waals surface area contributed by atoms with E-state index in [2.05, 4.69) is 14.8 Å². The molecule has 2 aliphatic heterocycles. The Morgan fingerprint density at radius 1 is 1.19 bits per heavy atom. The second-order valence-corrected chi connectivity index (χ2v) is 6.13. The molecule has 0 unspecified atom stereocenters. The van der Waals surface area contributed by atoms with Gasteiger partial charge in [0, 0.05) is 58.2 Å². The monoisotopic (exact) mass is 290 g/mol. The molecule has 0 spiro atoms. The fourth-order valence-corrected chi connectivity index (χ4v) is 3.41. The maximum Gasteiger partial charge on any atom is 0.255 e. The van der Waals surface area contributed by atoms with E-state index in [0.717, 1.165) is 70.6 Å². The summed E-state index contributed by atoms with van der Waals surface area (Å²) >= 11 is 0. The molecule has 5 heteroatoms. The molecule has 1 N–H and O–H groups in total. The Bertz CT molecular complexity index is 490. The smallest absolute Gasteiger partial charge is 0.255 e. The summed E-state index contributed by atoms with van der Waals surface area (Å²) in [5, 5.41) is 3.37. The van der Waals surface area contributed by atoms with Crippen molar-refractivity contribution in [2.24, 2.45) is 7.05 Å². The maximum absolute atomic E-state index is 12.6. The van der Waals surface area contributed by atoms with Crippen LogP contribution in [0.1, 0.15) is 28.9 Å². The predicted octanol–water partition coefficient (Wildman–Crippen LogP) is 0.709. The lowest BCUT2D eigenvalue weighted by Gasteiger charge is -2.28. The highest BCUT2D eigenvalue weighted by Gasteiger charge is 2.24. The Kier molecular flexibility index (Phi) is 4.60. The van der Waals surface area contributed by atoms with Crippen LogP contribution in [0.25, 0.3) is 0 Å². The highest BCUT2D eigenvalue weighted by molar-refractivity contribution is 5.95. The van der Waals surface area contributed by atoms with E-state index in [1.165, 1.54) is 5.69 Å². The van der Waals surface area contributed by atoms with Crippen LogP contribution >= 0.6 is 0 Å². The zero-order valence-corrected chi connectivity index (χ0v) is 13.0. The molecule has 0 bridgehead atoms. The van der Waals surface area contributed by atoms with Gasteiger partial charge in [-0.1, -0.05) is 0 Å². The van der Waals surface area contributed by atoms with Crippen molar-refractivity contribution >= 4 is 5.91 Å². The summed E-state index contributed by atoms with van der Waals surface area (Å²) in [5.41, 5.74) is 2.11. The summed E-state index contributed by atoms with van der Waals surface area (Å²) in [4.78, 5) is 17.2. The van der Waals surface area contributed by atoms with Gasteiger partial charge in [0.1, 0.15) is 0 Å². The second kappa shape index (κ2) is 6.62. The normalized spacial score (nSPS) is 20.4. The molecule has 0 aliphatic carbocycles. The molecular weight excluding hydrogens is 264 g/mol. The maximum atomic E-state index is 12.6. The van der Waals surface area contributed by atoms with E-state index in [4.69, 9.17) is 0 Å². The quantitative estimate of drug-likeness (QED) is 0.888. The minimum absolute atomic E-state index is 0.225. The molecule has 1 amide bonds. The number of fused-ring (bicyclic) bond motifs is 1. The van der Waals surface area contributed by atoms with Gasteiger partial charge in [-0.15, -0.1) is 0 Å². The zero-order chi connectivity index (χ0) is 14.7. The number of piperazine rings is 1. The minimum atomic E-state index is 0.225. The van der Waals surface area contributed by atoms with Crippen LogP contribution in [0.3, 0.4) is 0 Å². The molecule has 5 nitrogen and oxygen atoms in total. The fourth-order valence-electron chi connectivity index (χ4n) is 3.41. The molecule has 1 aromatic heterocycles. The van der Waals surface area contributed by atoms with Crippen molar-refractivity contribution in [3.63, 3.8) is 0 Å². The molecular formula is C16H26N4O. The number of carbonyl (C=O) groups is 1. The predicted molar refractivity (Wildman–Crippen MR) is 83.6 cm³/mol. The standard InChI is InChI=1S/C16H26N4O/c1-18-11-5-14-15(18)4-2-9-20(16(14)21)10-3-8-19-12-6-17-7-13-19/h5,11,17H,2-4,6-10,12-13H2,1H3. The van der Waals surface area contributed by atoms with Gasteiger partial charge in [-0.3, -0.25) is 4.79 Å². The van der Waals surface area contributed by atoms with Crippen molar-refractivity contribution < 1.29 is 4.79 Å². The number of hydrogen-bond acceptors (Lipinski definition) is 3. The third-order valence-corrected chi connectivity index (χ3v) is 4.67. The van der Waals surface area contributed by atoms with Gasteiger partial charge >= 0.3 is 0 Å². The van der Waals surface area contributed by atoms with Crippen LogP contribution in [0, 0.1) is 0 Å². The van der Waals surface area contributed by atoms with Crippen molar-refractivity contribution in [3.8, 4) is 0 Å². The number of nitrogens with zero attached hydrogens (tertiary/aromatic N) is 3. The number of aryl methyl sites for hydroxylation is 1. The average Bonchev–Trinajstić information content (AvgIpc) is 2.79. The Morgan fingerprint density at radius 3 is 2.81 bits per heavy atom. The van der Waals surface area contributed by atoms with Crippen LogP contribution in [0.4, 0.5) is 0 Å². The second-order valence-electron chi connectivity index (χ2n) is 6.13. The molecule has 0 aromatic carbocycles. The topological polar surface area (TPSA) is 40.5 Å². The summed E-state index contributed by atoms with van der Waals surface area (Å²) in [6, 6.07) is 1.98. The molecule has 3 rings (SSSR count). The lowest BCUT2D eigenvalue weighted by Crippen LogP contribution is -2.44. The van der Waals surface area contributed by atoms with E-state index >= 15 is 0 Å². The molecule has 0 atom stereocenters. The first kappa shape index (κ1) is 14.6. The van der Waals surface area contributed by atoms with Crippen LogP contribution in [0.2, 0.25) is 0 Å². The van der Waals surface area contributed by atoms with Gasteiger partial charge in [-0.05, 0) is 31.9 Å². The zero-order valence-electron chi connectivity index (χ0n) is 13.0. The molecule has 116 valence electrons. The van der Waals surface area contributed by atoms with E-state index in [1.807, 2.05) is 24.2 Å². The van der Waals surface area contributed by atoms with Gasteiger partial charge in [0.25, 0.3) is 5.91 Å². The first-order valence-corrected chi connectivity index (χ1v) is 8.12. The number of carbonyl (C=O) groups excluding carboxylic acids is 1. The van der Waals surface area contributed by atoms with Crippen LogP contribution in [0.5, 0.6) is 0 Å². The van der Waals surface area contributed by atoms with Crippen molar-refractivity contribution in [1.82, 2.24) is 19.7 Å². The Morgan fingerprint density at radius 2 is 2.00 bits per heavy atom. The minimum Gasteiger partial charge on any atom is -0.354 e. The molecule has 1 fully saturated rings. The number of amides is 1. The Labute approximate surface area is 126 Å². The summed E-state index contributed by atoms with van der Waals surface area (Å²) in [7, 11) is 2.03. The molecule has 1 aromatic rings. The number of nitrogens with one attached hydrogen (secondary N) is 1. The summed E-state index contributed by atoms with van der Waals surface area (Å²) in [5.74, 6) is 0.225. The number of hydrogen-bond donors (Lipinski definition) is 1. The summed E-state index contributed by atoms with van der Waals surface area (Å²) in [6.45, 7) is 7.35. The van der Waals surface area contributed by atoms with E-state index in [1.54, 1.807) is 0 Å². The van der Waals surface area contributed by atoms with Gasteiger partial charge in [-0.25, -0.2) is 0 Å². The van der Waals surface area contributed by atoms with Crippen molar-refractivity contribution in [2.75, 3.05) is 45.8 Å². The molecule has 2 aliphatic rings. The number of rotatable bonds is 4. The molecule has 21 heavy (non-hydrogen) atoms. The fraction of sp³-hybridized carbons (Fsp3) is 0.688. The van der Waals surface area contributed by atoms with E-state index in [-0.39, 0.29) is 5.91 Å². The van der Waals surface area contributed by atoms with Gasteiger partial charge < -0.3 is 19.7 Å². The summed E-state index contributed by atoms with van der Waals surface area (Å²) in [6.07, 6.45) is 5.17. The molecule has 0 radical (unpaired) electrons. The first-order chi connectivity index (χ1) is 10.3. The van der Waals surface area contributed by atoms with E-state index < -0.39 is 0 Å². The van der Waals surface area contributed by atoms with Crippen molar-refractivity contribution in [2.45, 2.75) is 19.3 Å². The highest BCUT2D eigenvalue weighted by atomic mass is 16.2. The van der Waals surface area contributed by atoms with E-state index in [9.17, 15) is 4.79 Å². The lowest BCUT2D eigenvalue weighted by molar-refractivity contribution is 0.0752. The first-order valence-electron chi connectivity index (χ1n) is 8.12. The largest absolute Gasteiger partial charge is 0.354 e.